The maximum atomic E-state index is 12.0. The van der Waals surface area contributed by atoms with Gasteiger partial charge in [-0.05, 0) is 49.2 Å². The molecule has 0 aliphatic rings. The normalized spacial score (nSPS) is 12.8. The standard InChI is InChI=1S/C26H36N3O6Si/c1-6-34-24(30)15-21(17-29(31)32)20-8-7-9-22(14-20)35-23-10-11-27-26-25(23)19(2)16-28(26)18-33-12-13-36(3,4)5/h7-11,14,16,21,31H,6,12-13,15,17-18H2,1-5H3/q-1. The van der Waals surface area contributed by atoms with Crippen LogP contribution in [0.3, 0.4) is 0 Å². The van der Waals surface area contributed by atoms with Gasteiger partial charge in [-0.15, -0.1) is 0 Å². The topological polar surface area (TPSA) is 109 Å². The highest BCUT2D eigenvalue weighted by molar-refractivity contribution is 6.76. The second-order valence-corrected chi connectivity index (χ2v) is 15.7. The van der Waals surface area contributed by atoms with Crippen LogP contribution in [0.15, 0.2) is 42.7 Å². The Morgan fingerprint density at radius 1 is 1.28 bits per heavy atom. The lowest BCUT2D eigenvalue weighted by atomic mass is 9.95. The predicted molar refractivity (Wildman–Crippen MR) is 141 cm³/mol. The minimum Gasteiger partial charge on any atom is -0.762 e. The fourth-order valence-electron chi connectivity index (χ4n) is 3.96. The van der Waals surface area contributed by atoms with Crippen molar-refractivity contribution in [1.29, 1.82) is 0 Å². The van der Waals surface area contributed by atoms with Crippen LogP contribution in [0.5, 0.6) is 11.5 Å². The molecule has 0 saturated carbocycles. The molecule has 0 bridgehead atoms. The largest absolute Gasteiger partial charge is 0.762 e. The Hall–Kier alpha value is -2.76. The number of rotatable bonds is 13. The van der Waals surface area contributed by atoms with Gasteiger partial charge in [0.2, 0.25) is 0 Å². The van der Waals surface area contributed by atoms with Crippen LogP contribution in [0.2, 0.25) is 25.7 Å². The minimum atomic E-state index is -1.16. The predicted octanol–water partition coefficient (Wildman–Crippen LogP) is 5.68. The van der Waals surface area contributed by atoms with Crippen molar-refractivity contribution in [3.05, 3.63) is 59.1 Å². The maximum absolute atomic E-state index is 12.0. The van der Waals surface area contributed by atoms with Gasteiger partial charge in [0, 0.05) is 39.5 Å². The average Bonchev–Trinajstić information content (AvgIpc) is 3.12. The fourth-order valence-corrected chi connectivity index (χ4v) is 4.72. The van der Waals surface area contributed by atoms with E-state index in [-0.39, 0.29) is 24.8 Å². The molecule has 1 atom stereocenters. The molecule has 2 aromatic heterocycles. The van der Waals surface area contributed by atoms with E-state index in [4.69, 9.17) is 14.2 Å². The van der Waals surface area contributed by atoms with Gasteiger partial charge in [-0.1, -0.05) is 31.8 Å². The zero-order chi connectivity index (χ0) is 26.3. The summed E-state index contributed by atoms with van der Waals surface area (Å²) in [5.74, 6) is 0.201. The van der Waals surface area contributed by atoms with Gasteiger partial charge < -0.3 is 29.2 Å². The number of aryl methyl sites for hydroxylation is 1. The zero-order valence-corrected chi connectivity index (χ0v) is 22.7. The number of nitrogens with zero attached hydrogens (tertiary/aromatic N) is 3. The number of esters is 1. The van der Waals surface area contributed by atoms with E-state index >= 15 is 0 Å². The van der Waals surface area contributed by atoms with E-state index in [9.17, 15) is 15.2 Å². The molecular formula is C26H36N3O6Si-. The molecule has 1 aromatic carbocycles. The van der Waals surface area contributed by atoms with Gasteiger partial charge in [-0.25, -0.2) is 4.98 Å². The number of benzene rings is 1. The van der Waals surface area contributed by atoms with Crippen molar-refractivity contribution in [3.63, 3.8) is 0 Å². The number of hydrogen-bond donors (Lipinski definition) is 1. The third kappa shape index (κ3) is 7.87. The SMILES string of the molecule is CCOC(=O)CC(CN([O-])O)c1cccc(Oc2ccnc3c2c(C)cn3COCC[Si](C)(C)C)c1. The number of ether oxygens (including phenoxy) is 3. The van der Waals surface area contributed by atoms with Crippen molar-refractivity contribution in [2.45, 2.75) is 58.6 Å². The molecule has 10 heteroatoms. The Labute approximate surface area is 213 Å². The van der Waals surface area contributed by atoms with Crippen molar-refractivity contribution in [3.8, 4) is 11.5 Å². The molecule has 1 unspecified atom stereocenters. The number of pyridine rings is 1. The molecule has 0 radical (unpaired) electrons. The lowest BCUT2D eigenvalue weighted by Gasteiger charge is -2.26. The van der Waals surface area contributed by atoms with Crippen LogP contribution in [0.1, 0.15) is 30.4 Å². The Kier molecular flexibility index (Phi) is 9.63. The minimum absolute atomic E-state index is 0.0320. The first-order valence-corrected chi connectivity index (χ1v) is 15.9. The Bertz CT molecular complexity index is 1160. The highest BCUT2D eigenvalue weighted by Gasteiger charge is 2.19. The van der Waals surface area contributed by atoms with Crippen molar-refractivity contribution >= 4 is 25.1 Å². The van der Waals surface area contributed by atoms with Crippen LogP contribution in [-0.4, -0.2) is 53.8 Å². The molecule has 0 amide bonds. The van der Waals surface area contributed by atoms with Crippen molar-refractivity contribution in [2.75, 3.05) is 19.8 Å². The van der Waals surface area contributed by atoms with E-state index in [1.54, 1.807) is 37.4 Å². The molecule has 36 heavy (non-hydrogen) atoms. The molecule has 196 valence electrons. The van der Waals surface area contributed by atoms with E-state index in [1.807, 2.05) is 23.8 Å². The van der Waals surface area contributed by atoms with Gasteiger partial charge in [0.05, 0.1) is 18.4 Å². The van der Waals surface area contributed by atoms with E-state index in [0.717, 1.165) is 29.2 Å². The number of aromatic nitrogens is 2. The summed E-state index contributed by atoms with van der Waals surface area (Å²) >= 11 is 0. The highest BCUT2D eigenvalue weighted by atomic mass is 28.3. The van der Waals surface area contributed by atoms with E-state index in [2.05, 4.69) is 24.6 Å². The molecule has 0 saturated heterocycles. The van der Waals surface area contributed by atoms with Crippen LogP contribution in [0.25, 0.3) is 11.0 Å². The summed E-state index contributed by atoms with van der Waals surface area (Å²) in [6.07, 6.45) is 3.68. The molecule has 0 fully saturated rings. The zero-order valence-electron chi connectivity index (χ0n) is 21.7. The third-order valence-corrected chi connectivity index (χ3v) is 7.49. The second-order valence-electron chi connectivity index (χ2n) is 10.1. The van der Waals surface area contributed by atoms with Crippen LogP contribution >= 0.6 is 0 Å². The van der Waals surface area contributed by atoms with Crippen LogP contribution < -0.4 is 4.74 Å². The van der Waals surface area contributed by atoms with E-state index in [0.29, 0.717) is 23.8 Å². The van der Waals surface area contributed by atoms with Crippen LogP contribution in [0, 0.1) is 12.1 Å². The molecule has 3 aromatic rings. The lowest BCUT2D eigenvalue weighted by molar-refractivity contribution is -0.144. The van der Waals surface area contributed by atoms with Gasteiger partial charge in [0.25, 0.3) is 0 Å². The average molecular weight is 515 g/mol. The number of carbonyl (C=O) groups excluding carboxylic acids is 1. The molecular weight excluding hydrogens is 478 g/mol. The van der Waals surface area contributed by atoms with E-state index < -0.39 is 20.0 Å². The number of hydroxylamine groups is 2. The van der Waals surface area contributed by atoms with Gasteiger partial charge >= 0.3 is 5.97 Å². The lowest BCUT2D eigenvalue weighted by Crippen LogP contribution is -2.22. The number of carbonyl (C=O) groups is 1. The third-order valence-electron chi connectivity index (χ3n) is 5.79. The molecule has 1 N–H and O–H groups in total. The van der Waals surface area contributed by atoms with Gasteiger partial charge in [-0.3, -0.25) is 10.0 Å². The molecule has 0 aliphatic heterocycles. The fraction of sp³-hybridized carbons (Fsp3) is 0.462. The number of hydrogen-bond acceptors (Lipinski definition) is 8. The molecule has 0 spiro atoms. The van der Waals surface area contributed by atoms with Crippen molar-refractivity contribution in [2.24, 2.45) is 0 Å². The Morgan fingerprint density at radius 2 is 2.06 bits per heavy atom. The first-order chi connectivity index (χ1) is 17.1. The summed E-state index contributed by atoms with van der Waals surface area (Å²) < 4.78 is 19.2. The monoisotopic (exact) mass is 514 g/mol. The van der Waals surface area contributed by atoms with Gasteiger partial charge in [-0.2, -0.15) is 0 Å². The summed E-state index contributed by atoms with van der Waals surface area (Å²) in [7, 11) is -1.16. The van der Waals surface area contributed by atoms with Crippen LogP contribution in [-0.2, 0) is 21.0 Å². The van der Waals surface area contributed by atoms with Gasteiger partial charge in [0.1, 0.15) is 23.9 Å². The molecule has 0 aliphatic carbocycles. The molecule has 3 rings (SSSR count). The van der Waals surface area contributed by atoms with Crippen LogP contribution in [0.4, 0.5) is 0 Å². The molecule has 2 heterocycles. The smallest absolute Gasteiger partial charge is 0.306 e. The van der Waals surface area contributed by atoms with Crippen molar-refractivity contribution in [1.82, 2.24) is 14.8 Å². The first kappa shape index (κ1) is 27.8. The highest BCUT2D eigenvalue weighted by Crippen LogP contribution is 2.34. The summed E-state index contributed by atoms with van der Waals surface area (Å²) in [6.45, 7) is 11.8. The van der Waals surface area contributed by atoms with Crippen molar-refractivity contribution < 1.29 is 24.2 Å². The Morgan fingerprint density at radius 3 is 2.75 bits per heavy atom. The molecule has 9 nitrogen and oxygen atoms in total. The maximum Gasteiger partial charge on any atom is 0.306 e. The van der Waals surface area contributed by atoms with Gasteiger partial charge in [0.15, 0.2) is 0 Å². The summed E-state index contributed by atoms with van der Waals surface area (Å²) in [5, 5.41) is 21.3. The summed E-state index contributed by atoms with van der Waals surface area (Å²) in [5.41, 5.74) is 2.47. The second kappa shape index (κ2) is 12.5. The number of fused-ring (bicyclic) bond motifs is 1. The Balaban J connectivity index is 1.81. The summed E-state index contributed by atoms with van der Waals surface area (Å²) in [4.78, 5) is 16.6. The quantitative estimate of drug-likeness (QED) is 0.134. The van der Waals surface area contributed by atoms with E-state index in [1.165, 1.54) is 0 Å². The summed E-state index contributed by atoms with van der Waals surface area (Å²) in [6, 6.07) is 10.1. The first-order valence-electron chi connectivity index (χ1n) is 12.2.